The van der Waals surface area contributed by atoms with Crippen molar-refractivity contribution in [2.45, 2.75) is 24.7 Å². The molecule has 2 aliphatic carbocycles. The van der Waals surface area contributed by atoms with Crippen molar-refractivity contribution in [2.75, 3.05) is 4.90 Å². The van der Waals surface area contributed by atoms with E-state index in [4.69, 9.17) is 4.42 Å². The van der Waals surface area contributed by atoms with E-state index >= 15 is 0 Å². The van der Waals surface area contributed by atoms with E-state index in [1.807, 2.05) is 6.07 Å². The summed E-state index contributed by atoms with van der Waals surface area (Å²) in [5.74, 6) is 0. The van der Waals surface area contributed by atoms with E-state index in [2.05, 4.69) is 201 Å². The van der Waals surface area contributed by atoms with Crippen LogP contribution in [0.15, 0.2) is 192 Å². The van der Waals surface area contributed by atoms with Crippen LogP contribution in [0.5, 0.6) is 0 Å². The van der Waals surface area contributed by atoms with Gasteiger partial charge in [-0.25, -0.2) is 0 Å². The topological polar surface area (TPSA) is 16.4 Å². The van der Waals surface area contributed by atoms with Gasteiger partial charge in [-0.1, -0.05) is 140 Å². The summed E-state index contributed by atoms with van der Waals surface area (Å²) in [7, 11) is 0. The normalized spacial score (nSPS) is 18.0. The maximum Gasteiger partial charge on any atom is 0.135 e. The highest BCUT2D eigenvalue weighted by atomic mass is 16.3. The molecule has 256 valence electrons. The first-order valence-electron chi connectivity index (χ1n) is 18.8. The molecule has 1 aromatic heterocycles. The fourth-order valence-electron chi connectivity index (χ4n) is 9.71. The lowest BCUT2D eigenvalue weighted by atomic mass is 9.74. The average Bonchev–Trinajstić information content (AvgIpc) is 3.83. The molecule has 0 bridgehead atoms. The molecular formula is C52H37NO. The van der Waals surface area contributed by atoms with E-state index in [-0.39, 0.29) is 10.8 Å². The number of fused-ring (bicyclic) bond motifs is 9. The summed E-state index contributed by atoms with van der Waals surface area (Å²) < 4.78 is 6.32. The lowest BCUT2D eigenvalue weighted by Crippen LogP contribution is -2.23. The molecule has 2 nitrogen and oxygen atoms in total. The van der Waals surface area contributed by atoms with Gasteiger partial charge in [0.05, 0.1) is 0 Å². The van der Waals surface area contributed by atoms with E-state index < -0.39 is 0 Å². The fourth-order valence-corrected chi connectivity index (χ4v) is 9.71. The highest BCUT2D eigenvalue weighted by molar-refractivity contribution is 6.06. The summed E-state index contributed by atoms with van der Waals surface area (Å²) in [6, 6.07) is 68.9. The van der Waals surface area contributed by atoms with Crippen molar-refractivity contribution in [3.05, 3.63) is 221 Å². The molecule has 2 heteroatoms. The van der Waals surface area contributed by atoms with Crippen LogP contribution in [0.25, 0.3) is 44.2 Å². The third kappa shape index (κ3) is 4.22. The largest absolute Gasteiger partial charge is 0.456 e. The molecule has 2 unspecified atom stereocenters. The van der Waals surface area contributed by atoms with E-state index in [1.165, 1.54) is 55.6 Å². The minimum atomic E-state index is -0.312. The van der Waals surface area contributed by atoms with Crippen LogP contribution in [-0.4, -0.2) is 0 Å². The summed E-state index contributed by atoms with van der Waals surface area (Å²) in [4.78, 5) is 2.44. The van der Waals surface area contributed by atoms with Crippen molar-refractivity contribution in [3.8, 4) is 22.3 Å². The van der Waals surface area contributed by atoms with Crippen molar-refractivity contribution in [2.24, 2.45) is 0 Å². The smallest absolute Gasteiger partial charge is 0.135 e. The van der Waals surface area contributed by atoms with Crippen molar-refractivity contribution >= 4 is 39.0 Å². The molecule has 1 heterocycles. The van der Waals surface area contributed by atoms with Gasteiger partial charge in [-0.2, -0.15) is 0 Å². The summed E-state index contributed by atoms with van der Waals surface area (Å²) in [5.41, 5.74) is 17.6. The van der Waals surface area contributed by atoms with E-state index in [9.17, 15) is 0 Å². The molecule has 54 heavy (non-hydrogen) atoms. The molecule has 0 fully saturated rings. The van der Waals surface area contributed by atoms with Crippen LogP contribution in [0.1, 0.15) is 47.2 Å². The lowest BCUT2D eigenvalue weighted by molar-refractivity contribution is 0.669. The Morgan fingerprint density at radius 3 is 1.56 bits per heavy atom. The predicted molar refractivity (Wildman–Crippen MR) is 223 cm³/mol. The Hall–Kier alpha value is -6.64. The third-order valence-corrected chi connectivity index (χ3v) is 12.4. The summed E-state index contributed by atoms with van der Waals surface area (Å²) in [5, 5.41) is 2.23. The van der Waals surface area contributed by atoms with Crippen LogP contribution < -0.4 is 4.90 Å². The summed E-state index contributed by atoms with van der Waals surface area (Å²) >= 11 is 0. The molecule has 0 radical (unpaired) electrons. The predicted octanol–water partition coefficient (Wildman–Crippen LogP) is 13.7. The first kappa shape index (κ1) is 30.9. The zero-order valence-corrected chi connectivity index (χ0v) is 30.3. The van der Waals surface area contributed by atoms with Gasteiger partial charge in [-0.05, 0) is 118 Å². The molecule has 0 saturated carbocycles. The number of furan rings is 1. The first-order valence-corrected chi connectivity index (χ1v) is 18.8. The Bertz CT molecular complexity index is 2920. The maximum absolute atomic E-state index is 6.32. The van der Waals surface area contributed by atoms with Crippen molar-refractivity contribution < 1.29 is 4.42 Å². The molecular weight excluding hydrogens is 655 g/mol. The van der Waals surface area contributed by atoms with Gasteiger partial charge in [0.15, 0.2) is 0 Å². The SMILES string of the molecule is CC1(c2ccccc2)c2ccccc2-c2cc(N(c3ccc4c(c3)C(C)(c3ccccc3)c3ccccc3-4)c3ccc4oc5ccccc5c4c3)ccc21. The number of hydrogen-bond acceptors (Lipinski definition) is 2. The molecule has 0 saturated heterocycles. The van der Waals surface area contributed by atoms with Gasteiger partial charge in [0, 0.05) is 38.7 Å². The van der Waals surface area contributed by atoms with E-state index in [0.29, 0.717) is 0 Å². The highest BCUT2D eigenvalue weighted by Gasteiger charge is 2.42. The molecule has 0 N–H and O–H groups in total. The maximum atomic E-state index is 6.32. The molecule has 8 aromatic carbocycles. The van der Waals surface area contributed by atoms with Gasteiger partial charge >= 0.3 is 0 Å². The van der Waals surface area contributed by atoms with Crippen molar-refractivity contribution in [3.63, 3.8) is 0 Å². The van der Waals surface area contributed by atoms with Crippen LogP contribution in [-0.2, 0) is 10.8 Å². The van der Waals surface area contributed by atoms with Crippen LogP contribution in [0.2, 0.25) is 0 Å². The fraction of sp³-hybridized carbons (Fsp3) is 0.0769. The lowest BCUT2D eigenvalue weighted by Gasteiger charge is -2.31. The standard InChI is InChI=1S/C52H37NO/c1-51(34-15-5-3-6-16-34)46-23-13-10-20-40(46)43-31-36(26-29-47(43)51)53(37-27-30-50-44(32-37)42-21-11-14-24-49(42)54-50)38-25-28-41-39-19-9-12-22-45(39)52(2,48(41)33-38)35-17-7-4-8-18-35/h3-33H,1-2H3. The Balaban J connectivity index is 1.16. The Kier molecular flexibility index (Phi) is 6.55. The Morgan fingerprint density at radius 1 is 0.352 bits per heavy atom. The minimum Gasteiger partial charge on any atom is -0.456 e. The molecule has 11 rings (SSSR count). The number of para-hydroxylation sites is 1. The number of hydrogen-bond donors (Lipinski definition) is 0. The van der Waals surface area contributed by atoms with Gasteiger partial charge in [-0.3, -0.25) is 0 Å². The number of nitrogens with zero attached hydrogens (tertiary/aromatic N) is 1. The zero-order chi connectivity index (χ0) is 36.0. The van der Waals surface area contributed by atoms with Crippen molar-refractivity contribution in [1.29, 1.82) is 0 Å². The second-order valence-corrected chi connectivity index (χ2v) is 15.1. The van der Waals surface area contributed by atoms with E-state index in [0.717, 1.165) is 39.0 Å². The Labute approximate surface area is 315 Å². The molecule has 2 aliphatic rings. The minimum absolute atomic E-state index is 0.262. The average molecular weight is 692 g/mol. The quantitative estimate of drug-likeness (QED) is 0.179. The zero-order valence-electron chi connectivity index (χ0n) is 30.3. The first-order chi connectivity index (χ1) is 26.5. The van der Waals surface area contributed by atoms with Crippen molar-refractivity contribution in [1.82, 2.24) is 0 Å². The second kappa shape index (κ2) is 11.4. The molecule has 0 amide bonds. The monoisotopic (exact) mass is 691 g/mol. The highest BCUT2D eigenvalue weighted by Crippen LogP contribution is 2.56. The van der Waals surface area contributed by atoms with Crippen LogP contribution in [0.3, 0.4) is 0 Å². The molecule has 2 atom stereocenters. The van der Waals surface area contributed by atoms with Gasteiger partial charge in [0.25, 0.3) is 0 Å². The van der Waals surface area contributed by atoms with Gasteiger partial charge in [0.2, 0.25) is 0 Å². The van der Waals surface area contributed by atoms with Gasteiger partial charge in [0.1, 0.15) is 11.2 Å². The van der Waals surface area contributed by atoms with Crippen LogP contribution in [0, 0.1) is 0 Å². The molecule has 0 aliphatic heterocycles. The summed E-state index contributed by atoms with van der Waals surface area (Å²) in [6.45, 7) is 4.77. The molecule has 9 aromatic rings. The van der Waals surface area contributed by atoms with Gasteiger partial charge < -0.3 is 9.32 Å². The van der Waals surface area contributed by atoms with Gasteiger partial charge in [-0.15, -0.1) is 0 Å². The number of benzene rings is 8. The number of anilines is 3. The second-order valence-electron chi connectivity index (χ2n) is 15.1. The Morgan fingerprint density at radius 2 is 0.833 bits per heavy atom. The summed E-state index contributed by atoms with van der Waals surface area (Å²) in [6.07, 6.45) is 0. The van der Waals surface area contributed by atoms with Crippen LogP contribution in [0.4, 0.5) is 17.1 Å². The van der Waals surface area contributed by atoms with E-state index in [1.54, 1.807) is 0 Å². The number of rotatable bonds is 5. The molecule has 0 spiro atoms. The van der Waals surface area contributed by atoms with Crippen LogP contribution >= 0.6 is 0 Å². The third-order valence-electron chi connectivity index (χ3n) is 12.4.